The van der Waals surface area contributed by atoms with Crippen molar-refractivity contribution >= 4 is 15.0 Å². The number of rotatable bonds is 0. The molecule has 0 saturated carbocycles. The molecule has 6 heavy (non-hydrogen) atoms. The normalized spacial score (nSPS) is 4.83. The molecule has 36 valence electrons. The lowest BCUT2D eigenvalue weighted by Crippen LogP contribution is -2.01. The zero-order chi connectivity index (χ0) is 5.58. The maximum atomic E-state index is 9.22. The van der Waals surface area contributed by atoms with E-state index in [1.807, 2.05) is 0 Å². The van der Waals surface area contributed by atoms with Crippen molar-refractivity contribution in [3.8, 4) is 0 Å². The number of nitrogens with two attached hydrogens (primary N) is 1. The summed E-state index contributed by atoms with van der Waals surface area (Å²) in [4.78, 5) is 9.22. The molecule has 0 bridgehead atoms. The number of primary amides is 1. The minimum absolute atomic E-state index is 0.333. The van der Waals surface area contributed by atoms with E-state index in [2.05, 4.69) is 5.73 Å². The topological polar surface area (TPSA) is 60.2 Å². The van der Waals surface area contributed by atoms with Gasteiger partial charge in [-0.25, -0.2) is 0 Å². The SMILES string of the molecule is CC(N)=O.O=P. The highest BCUT2D eigenvalue weighted by molar-refractivity contribution is 7.00. The third kappa shape index (κ3) is 128. The summed E-state index contributed by atoms with van der Waals surface area (Å²) >= 11 is 0. The summed E-state index contributed by atoms with van der Waals surface area (Å²) < 4.78 is 8.06. The highest BCUT2D eigenvalue weighted by atomic mass is 31.0. The average Bonchev–Trinajstić information content (AvgIpc) is 1.41. The summed E-state index contributed by atoms with van der Waals surface area (Å²) in [7, 11) is 1.72. The molecule has 0 aromatic heterocycles. The highest BCUT2D eigenvalue weighted by Gasteiger charge is 1.61. The summed E-state index contributed by atoms with van der Waals surface area (Å²) in [6.45, 7) is 1.31. The van der Waals surface area contributed by atoms with E-state index in [0.717, 1.165) is 0 Å². The van der Waals surface area contributed by atoms with Crippen molar-refractivity contribution in [3.05, 3.63) is 0 Å². The average molecular weight is 107 g/mol. The molecular weight excluding hydrogens is 101 g/mol. The largest absolute Gasteiger partial charge is 0.370 e. The summed E-state index contributed by atoms with van der Waals surface area (Å²) in [5.41, 5.74) is 4.47. The minimum atomic E-state index is -0.333. The fraction of sp³-hybridized carbons (Fsp3) is 0.500. The van der Waals surface area contributed by atoms with E-state index in [4.69, 9.17) is 4.57 Å². The fourth-order valence-corrected chi connectivity index (χ4v) is 0. The second kappa shape index (κ2) is 8.82. The van der Waals surface area contributed by atoms with E-state index in [1.54, 1.807) is 9.12 Å². The third-order valence-corrected chi connectivity index (χ3v) is 0. The fourth-order valence-electron chi connectivity index (χ4n) is 0. The molecule has 0 rings (SSSR count). The third-order valence-electron chi connectivity index (χ3n) is 0. The predicted octanol–water partition coefficient (Wildman–Crippen LogP) is -0.0337. The molecule has 0 aliphatic heterocycles. The van der Waals surface area contributed by atoms with Crippen molar-refractivity contribution in [1.82, 2.24) is 0 Å². The zero-order valence-electron chi connectivity index (χ0n) is 3.39. The zero-order valence-corrected chi connectivity index (χ0v) is 4.39. The van der Waals surface area contributed by atoms with Gasteiger partial charge in [0.05, 0.1) is 0 Å². The lowest BCUT2D eigenvalue weighted by molar-refractivity contribution is -0.115. The van der Waals surface area contributed by atoms with Crippen LogP contribution in [0, 0.1) is 0 Å². The van der Waals surface area contributed by atoms with Crippen LogP contribution in [0.15, 0.2) is 0 Å². The van der Waals surface area contributed by atoms with Gasteiger partial charge in [0.25, 0.3) is 0 Å². The Balaban J connectivity index is 0. The van der Waals surface area contributed by atoms with Crippen LogP contribution in [0.1, 0.15) is 6.92 Å². The Morgan fingerprint density at radius 2 is 1.67 bits per heavy atom. The molecule has 0 aromatic carbocycles. The first kappa shape index (κ1) is 9.13. The first-order valence-corrected chi connectivity index (χ1v) is 1.61. The maximum absolute atomic E-state index is 9.22. The van der Waals surface area contributed by atoms with Gasteiger partial charge in [0, 0.05) is 6.92 Å². The van der Waals surface area contributed by atoms with Gasteiger partial charge in [-0.2, -0.15) is 0 Å². The van der Waals surface area contributed by atoms with Crippen molar-refractivity contribution < 1.29 is 9.36 Å². The molecular formula is C2H6NO2P. The lowest BCUT2D eigenvalue weighted by atomic mass is 10.8. The smallest absolute Gasteiger partial charge is 0.214 e. The Morgan fingerprint density at radius 1 is 1.67 bits per heavy atom. The highest BCUT2D eigenvalue weighted by Crippen LogP contribution is 1.33. The van der Waals surface area contributed by atoms with Crippen LogP contribution in [0.5, 0.6) is 0 Å². The number of hydrogen-bond acceptors (Lipinski definition) is 2. The lowest BCUT2D eigenvalue weighted by Gasteiger charge is -1.60. The molecule has 0 aliphatic rings. The Morgan fingerprint density at radius 3 is 1.67 bits per heavy atom. The number of carbonyl (C=O) groups excluding carboxylic acids is 1. The molecule has 0 radical (unpaired) electrons. The van der Waals surface area contributed by atoms with E-state index in [1.165, 1.54) is 6.92 Å². The monoisotopic (exact) mass is 107 g/mol. The summed E-state index contributed by atoms with van der Waals surface area (Å²) in [5, 5.41) is 0. The molecule has 0 heterocycles. The van der Waals surface area contributed by atoms with E-state index in [0.29, 0.717) is 0 Å². The minimum Gasteiger partial charge on any atom is -0.370 e. The molecule has 0 aromatic rings. The quantitative estimate of drug-likeness (QED) is 0.441. The Labute approximate surface area is 38.1 Å². The van der Waals surface area contributed by atoms with Gasteiger partial charge in [-0.15, -0.1) is 0 Å². The number of hydrogen-bond donors (Lipinski definition) is 1. The molecule has 2 N–H and O–H groups in total. The Hall–Kier alpha value is -0.430. The van der Waals surface area contributed by atoms with Gasteiger partial charge in [0.15, 0.2) is 0 Å². The van der Waals surface area contributed by atoms with Crippen LogP contribution >= 0.6 is 9.12 Å². The van der Waals surface area contributed by atoms with Gasteiger partial charge in [-0.1, -0.05) is 0 Å². The number of amides is 1. The molecule has 0 aliphatic carbocycles. The maximum Gasteiger partial charge on any atom is 0.214 e. The Bertz CT molecular complexity index is 42.8. The molecule has 4 heteroatoms. The predicted molar refractivity (Wildman–Crippen MR) is 23.9 cm³/mol. The molecule has 0 fully saturated rings. The van der Waals surface area contributed by atoms with Gasteiger partial charge in [-0.05, 0) is 0 Å². The standard InChI is InChI=1S/C2H5NO.HOP/c1-2(3)4;1-2/h1H3,(H2,3,4);2H. The van der Waals surface area contributed by atoms with Crippen molar-refractivity contribution in [1.29, 1.82) is 0 Å². The van der Waals surface area contributed by atoms with E-state index >= 15 is 0 Å². The Kier molecular flexibility index (Phi) is 13.4. The van der Waals surface area contributed by atoms with Crippen LogP contribution in [0.2, 0.25) is 0 Å². The van der Waals surface area contributed by atoms with Gasteiger partial charge >= 0.3 is 0 Å². The summed E-state index contributed by atoms with van der Waals surface area (Å²) in [6, 6.07) is 0. The molecule has 0 spiro atoms. The van der Waals surface area contributed by atoms with E-state index in [9.17, 15) is 4.79 Å². The summed E-state index contributed by atoms with van der Waals surface area (Å²) in [5.74, 6) is -0.333. The van der Waals surface area contributed by atoms with Gasteiger partial charge < -0.3 is 5.73 Å². The van der Waals surface area contributed by atoms with Gasteiger partial charge in [0.2, 0.25) is 5.91 Å². The van der Waals surface area contributed by atoms with Gasteiger partial charge in [-0.3, -0.25) is 9.36 Å². The molecule has 0 unspecified atom stereocenters. The molecule has 3 nitrogen and oxygen atoms in total. The van der Waals surface area contributed by atoms with Crippen molar-refractivity contribution in [2.45, 2.75) is 6.92 Å². The van der Waals surface area contributed by atoms with Crippen LogP contribution in [0.25, 0.3) is 0 Å². The molecule has 0 atom stereocenters. The van der Waals surface area contributed by atoms with Crippen LogP contribution in [-0.4, -0.2) is 5.91 Å². The van der Waals surface area contributed by atoms with Crippen molar-refractivity contribution in [3.63, 3.8) is 0 Å². The first-order chi connectivity index (χ1) is 2.73. The number of carbonyl (C=O) groups is 1. The van der Waals surface area contributed by atoms with Crippen molar-refractivity contribution in [2.75, 3.05) is 0 Å². The van der Waals surface area contributed by atoms with Crippen LogP contribution in [-0.2, 0) is 9.36 Å². The van der Waals surface area contributed by atoms with Crippen molar-refractivity contribution in [2.24, 2.45) is 5.73 Å². The molecule has 0 saturated heterocycles. The van der Waals surface area contributed by atoms with E-state index in [-0.39, 0.29) is 5.91 Å². The van der Waals surface area contributed by atoms with Crippen LogP contribution in [0.4, 0.5) is 0 Å². The van der Waals surface area contributed by atoms with Crippen LogP contribution in [0.3, 0.4) is 0 Å². The first-order valence-electron chi connectivity index (χ1n) is 1.20. The van der Waals surface area contributed by atoms with Gasteiger partial charge in [0.1, 0.15) is 9.12 Å². The second-order valence-corrected chi connectivity index (χ2v) is 0.611. The molecule has 1 amide bonds. The van der Waals surface area contributed by atoms with E-state index < -0.39 is 0 Å². The summed E-state index contributed by atoms with van der Waals surface area (Å²) in [6.07, 6.45) is 0. The van der Waals surface area contributed by atoms with Crippen LogP contribution < -0.4 is 5.73 Å². The second-order valence-electron chi connectivity index (χ2n) is 0.611.